The molecule has 25 heavy (non-hydrogen) atoms. The number of fused-ring (bicyclic) bond motifs is 2. The molecule has 4 aliphatic rings. The predicted molar refractivity (Wildman–Crippen MR) is 90.5 cm³/mol. The molecule has 0 saturated heterocycles. The number of ketones is 2. The summed E-state index contributed by atoms with van der Waals surface area (Å²) >= 11 is 0. The third kappa shape index (κ3) is 1.79. The molecule has 4 rings (SSSR count). The molecule has 5 heteroatoms. The van der Waals surface area contributed by atoms with Crippen molar-refractivity contribution in [2.24, 2.45) is 22.7 Å². The van der Waals surface area contributed by atoms with Crippen molar-refractivity contribution in [3.8, 4) is 0 Å². The molecule has 3 N–H and O–H groups in total. The molecule has 0 heterocycles. The Labute approximate surface area is 147 Å². The normalized spacial score (nSPS) is 49.5. The maximum Gasteiger partial charge on any atom is 0.189 e. The van der Waals surface area contributed by atoms with E-state index in [9.17, 15) is 24.9 Å². The van der Waals surface area contributed by atoms with Crippen LogP contribution in [0.2, 0.25) is 0 Å². The van der Waals surface area contributed by atoms with Crippen LogP contribution in [0.4, 0.5) is 0 Å². The Bertz CT molecular complexity index is 762. The summed E-state index contributed by atoms with van der Waals surface area (Å²) in [5.41, 5.74) is 0.643. The number of aliphatic hydroxyl groups is 3. The van der Waals surface area contributed by atoms with E-state index in [0.29, 0.717) is 12.8 Å². The van der Waals surface area contributed by atoms with Gasteiger partial charge in [0.15, 0.2) is 11.6 Å². The van der Waals surface area contributed by atoms with E-state index in [4.69, 9.17) is 0 Å². The average molecular weight is 346 g/mol. The van der Waals surface area contributed by atoms with Crippen LogP contribution in [0.1, 0.15) is 47.0 Å². The first-order valence-electron chi connectivity index (χ1n) is 9.13. The summed E-state index contributed by atoms with van der Waals surface area (Å²) in [6.07, 6.45) is -1.97. The van der Waals surface area contributed by atoms with Gasteiger partial charge in [-0.25, -0.2) is 0 Å². The second kappa shape index (κ2) is 4.90. The van der Waals surface area contributed by atoms with Crippen LogP contribution in [0.5, 0.6) is 0 Å². The minimum absolute atomic E-state index is 0.0678. The third-order valence-electron chi connectivity index (χ3n) is 7.66. The van der Waals surface area contributed by atoms with E-state index in [1.54, 1.807) is 0 Å². The molecule has 1 fully saturated rings. The molecule has 0 amide bonds. The van der Waals surface area contributed by atoms with Crippen molar-refractivity contribution in [2.45, 2.75) is 65.3 Å². The van der Waals surface area contributed by atoms with E-state index >= 15 is 0 Å². The zero-order chi connectivity index (χ0) is 18.5. The molecule has 7 atom stereocenters. The van der Waals surface area contributed by atoms with Crippen molar-refractivity contribution in [1.29, 1.82) is 0 Å². The van der Waals surface area contributed by atoms with Crippen LogP contribution in [0.3, 0.4) is 0 Å². The molecule has 0 radical (unpaired) electrons. The molecule has 136 valence electrons. The van der Waals surface area contributed by atoms with Crippen molar-refractivity contribution in [3.05, 3.63) is 22.3 Å². The standard InChI is InChI=1S/C20H26O5/c1-8-5-6-19(4)12(10(8)3)15(22)14(21)11-13(19)16(23)18(25)20(17(11)24)7-9(20)2/h9,12,14-15,18,21-22,25H,5-7H2,1-4H3. The van der Waals surface area contributed by atoms with Crippen molar-refractivity contribution in [1.82, 2.24) is 0 Å². The lowest BCUT2D eigenvalue weighted by molar-refractivity contribution is -0.144. The number of rotatable bonds is 0. The first kappa shape index (κ1) is 17.1. The molecule has 1 saturated carbocycles. The SMILES string of the molecule is CC1=C(C)C2C(O)C(O)C3=C(C(=O)C(O)C4(CC4C)C3=O)C2(C)CC1. The van der Waals surface area contributed by atoms with Gasteiger partial charge in [-0.2, -0.15) is 0 Å². The van der Waals surface area contributed by atoms with Crippen molar-refractivity contribution >= 4 is 11.6 Å². The predicted octanol–water partition coefficient (Wildman–Crippen LogP) is 1.31. The minimum atomic E-state index is -1.37. The van der Waals surface area contributed by atoms with Gasteiger partial charge < -0.3 is 15.3 Å². The zero-order valence-electron chi connectivity index (χ0n) is 15.2. The quantitative estimate of drug-likeness (QED) is 0.575. The summed E-state index contributed by atoms with van der Waals surface area (Å²) in [5.74, 6) is -1.26. The van der Waals surface area contributed by atoms with Crippen LogP contribution in [0.25, 0.3) is 0 Å². The molecule has 7 unspecified atom stereocenters. The number of hydrogen-bond acceptors (Lipinski definition) is 5. The van der Waals surface area contributed by atoms with Crippen LogP contribution in [-0.2, 0) is 9.59 Å². The summed E-state index contributed by atoms with van der Waals surface area (Å²) in [7, 11) is 0. The molecule has 0 aliphatic heterocycles. The highest BCUT2D eigenvalue weighted by Crippen LogP contribution is 2.64. The number of carbonyl (C=O) groups is 2. The Balaban J connectivity index is 1.96. The zero-order valence-corrected chi connectivity index (χ0v) is 15.2. The summed E-state index contributed by atoms with van der Waals surface area (Å²) in [5, 5.41) is 32.3. The number of aliphatic hydroxyl groups excluding tert-OH is 3. The molecular formula is C20H26O5. The van der Waals surface area contributed by atoms with Crippen LogP contribution >= 0.6 is 0 Å². The molecule has 0 aromatic heterocycles. The van der Waals surface area contributed by atoms with Gasteiger partial charge in [0.25, 0.3) is 0 Å². The second-order valence-corrected chi connectivity index (χ2v) is 8.82. The Morgan fingerprint density at radius 1 is 1.12 bits per heavy atom. The van der Waals surface area contributed by atoms with Gasteiger partial charge in [-0.3, -0.25) is 9.59 Å². The van der Waals surface area contributed by atoms with Crippen molar-refractivity contribution in [3.63, 3.8) is 0 Å². The van der Waals surface area contributed by atoms with E-state index < -0.39 is 40.8 Å². The Kier molecular flexibility index (Phi) is 3.36. The maximum absolute atomic E-state index is 13.2. The van der Waals surface area contributed by atoms with E-state index in [1.807, 2.05) is 27.7 Å². The van der Waals surface area contributed by atoms with Gasteiger partial charge in [-0.05, 0) is 39.0 Å². The first-order chi connectivity index (χ1) is 11.6. The van der Waals surface area contributed by atoms with Gasteiger partial charge in [0.2, 0.25) is 0 Å². The summed E-state index contributed by atoms with van der Waals surface area (Å²) in [6, 6.07) is 0. The summed E-state index contributed by atoms with van der Waals surface area (Å²) in [4.78, 5) is 26.3. The fraction of sp³-hybridized carbons (Fsp3) is 0.700. The number of Topliss-reactive ketones (excluding diaryl/α,β-unsaturated/α-hetero) is 2. The second-order valence-electron chi connectivity index (χ2n) is 8.82. The number of allylic oxidation sites excluding steroid dienone is 1. The van der Waals surface area contributed by atoms with Crippen LogP contribution in [0, 0.1) is 22.7 Å². The van der Waals surface area contributed by atoms with Crippen molar-refractivity contribution in [2.75, 3.05) is 0 Å². The fourth-order valence-corrected chi connectivity index (χ4v) is 5.82. The van der Waals surface area contributed by atoms with Gasteiger partial charge in [0.1, 0.15) is 12.2 Å². The van der Waals surface area contributed by atoms with E-state index in [0.717, 1.165) is 17.6 Å². The van der Waals surface area contributed by atoms with Gasteiger partial charge in [0, 0.05) is 22.5 Å². The highest BCUT2D eigenvalue weighted by Gasteiger charge is 2.70. The molecule has 0 bridgehead atoms. The lowest BCUT2D eigenvalue weighted by atomic mass is 9.51. The van der Waals surface area contributed by atoms with E-state index in [1.165, 1.54) is 0 Å². The minimum Gasteiger partial charge on any atom is -0.389 e. The lowest BCUT2D eigenvalue weighted by Crippen LogP contribution is -2.59. The van der Waals surface area contributed by atoms with Crippen LogP contribution in [-0.4, -0.2) is 45.2 Å². The number of carbonyl (C=O) groups excluding carboxylic acids is 2. The Morgan fingerprint density at radius 3 is 2.28 bits per heavy atom. The highest BCUT2D eigenvalue weighted by molar-refractivity contribution is 6.19. The summed E-state index contributed by atoms with van der Waals surface area (Å²) < 4.78 is 0. The smallest absolute Gasteiger partial charge is 0.189 e. The van der Waals surface area contributed by atoms with E-state index in [2.05, 4.69) is 0 Å². The molecule has 5 nitrogen and oxygen atoms in total. The first-order valence-corrected chi connectivity index (χ1v) is 9.13. The molecule has 0 aromatic carbocycles. The molecular weight excluding hydrogens is 320 g/mol. The summed E-state index contributed by atoms with van der Waals surface area (Å²) in [6.45, 7) is 7.66. The van der Waals surface area contributed by atoms with Crippen LogP contribution in [0.15, 0.2) is 22.3 Å². The lowest BCUT2D eigenvalue weighted by Gasteiger charge is -2.53. The largest absolute Gasteiger partial charge is 0.389 e. The van der Waals surface area contributed by atoms with Gasteiger partial charge in [-0.15, -0.1) is 0 Å². The molecule has 1 spiro atoms. The fourth-order valence-electron chi connectivity index (χ4n) is 5.82. The average Bonchev–Trinajstić information content (AvgIpc) is 3.23. The topological polar surface area (TPSA) is 94.8 Å². The molecule has 4 aliphatic carbocycles. The van der Waals surface area contributed by atoms with E-state index in [-0.39, 0.29) is 22.8 Å². The van der Waals surface area contributed by atoms with Gasteiger partial charge in [0.05, 0.1) is 11.5 Å². The van der Waals surface area contributed by atoms with Gasteiger partial charge >= 0.3 is 0 Å². The van der Waals surface area contributed by atoms with Crippen LogP contribution < -0.4 is 0 Å². The number of hydrogen-bond donors (Lipinski definition) is 3. The monoisotopic (exact) mass is 346 g/mol. The third-order valence-corrected chi connectivity index (χ3v) is 7.66. The van der Waals surface area contributed by atoms with Crippen molar-refractivity contribution < 1.29 is 24.9 Å². The Hall–Kier alpha value is -1.30. The Morgan fingerprint density at radius 2 is 1.72 bits per heavy atom. The highest BCUT2D eigenvalue weighted by atomic mass is 16.3. The maximum atomic E-state index is 13.2. The van der Waals surface area contributed by atoms with Gasteiger partial charge in [-0.1, -0.05) is 25.0 Å². The molecule has 0 aromatic rings.